The van der Waals surface area contributed by atoms with Gasteiger partial charge in [-0.25, -0.2) is 0 Å². The predicted molar refractivity (Wildman–Crippen MR) is 195 cm³/mol. The van der Waals surface area contributed by atoms with Gasteiger partial charge in [-0.15, -0.1) is 0 Å². The molecule has 2 nitrogen and oxygen atoms in total. The van der Waals surface area contributed by atoms with E-state index in [-0.39, 0.29) is 7.92 Å². The molecule has 1 spiro atoms. The van der Waals surface area contributed by atoms with Crippen molar-refractivity contribution in [2.45, 2.75) is 192 Å². The van der Waals surface area contributed by atoms with Crippen molar-refractivity contribution in [3.05, 3.63) is 0 Å². The molecule has 0 aliphatic carbocycles. The Morgan fingerprint density at radius 2 is 1.16 bits per heavy atom. The van der Waals surface area contributed by atoms with E-state index in [1.165, 1.54) is 80.5 Å². The first-order valence-electron chi connectivity index (χ1n) is 18.8. The normalized spacial score (nSPS) is 70.7. The molecule has 12 aliphatic rings. The molecule has 7 heteroatoms. The summed E-state index contributed by atoms with van der Waals surface area (Å²) in [5.41, 5.74) is 0. The van der Waals surface area contributed by atoms with Crippen LogP contribution in [0.15, 0.2) is 0 Å². The first kappa shape index (κ1) is 27.5. The van der Waals surface area contributed by atoms with Crippen LogP contribution in [0, 0.1) is 0 Å². The van der Waals surface area contributed by atoms with E-state index in [4.69, 9.17) is 0 Å². The standard InChI is InChI=1S/C31H61N2P2Si2.C5H5.Fe/c1-29(2,3)35(30(4,5)6)22-23-24(21-25(36(7,8)9)28(23)37(10,11)12)31(34,26-17-13-15-19-32-26)27-18-14-16-20-33-27;1-2-4-5-3-1;/h21,26-27,32-33H,13-20,22,34H2,1-12H3;1-5H;. The molecule has 0 bridgehead atoms. The van der Waals surface area contributed by atoms with E-state index in [9.17, 15) is 0 Å². The maximum atomic E-state index is 4.41. The molecule has 0 radical (unpaired) electrons. The summed E-state index contributed by atoms with van der Waals surface area (Å²) < 4.78 is 3.53. The Hall–Kier alpha value is 1.73. The summed E-state index contributed by atoms with van der Waals surface area (Å²) in [4.78, 5) is 8.01. The average molecular weight is 701 g/mol. The number of fused-ring (bicyclic) bond motifs is 10. The molecule has 12 fully saturated rings. The van der Waals surface area contributed by atoms with Gasteiger partial charge in [-0.05, 0) is 0 Å². The first-order valence-corrected chi connectivity index (χ1v) is 33.9. The molecule has 2 N–H and O–H groups in total. The third kappa shape index (κ3) is 0.705. The van der Waals surface area contributed by atoms with E-state index in [0.29, 0.717) is 15.5 Å². The van der Waals surface area contributed by atoms with Crippen molar-refractivity contribution in [2.75, 3.05) is 19.3 Å². The number of hydrogen-bond donors (Lipinski definition) is 2. The van der Waals surface area contributed by atoms with Crippen LogP contribution in [0.1, 0.15) is 80.1 Å². The molecule has 12 saturated heterocycles. The van der Waals surface area contributed by atoms with Crippen molar-refractivity contribution in [2.24, 2.45) is 0 Å². The quantitative estimate of drug-likeness (QED) is 0.204. The summed E-state index contributed by atoms with van der Waals surface area (Å²) in [7, 11) is 1.08. The number of rotatable bonds is 7. The van der Waals surface area contributed by atoms with Crippen LogP contribution in [0.2, 0.25) is 84.7 Å². The molecule has 0 aromatic heterocycles. The van der Waals surface area contributed by atoms with Crippen LogP contribution in [0.3, 0.4) is 0 Å². The van der Waals surface area contributed by atoms with Crippen LogP contribution in [-0.4, -0.2) is 63.0 Å². The fourth-order valence-electron chi connectivity index (χ4n) is 29.0. The van der Waals surface area contributed by atoms with Crippen molar-refractivity contribution in [1.82, 2.24) is 10.6 Å². The minimum absolute atomic E-state index is 0.0773. The monoisotopic (exact) mass is 700 g/mol. The van der Waals surface area contributed by atoms with Gasteiger partial charge in [-0.2, -0.15) is 0 Å². The summed E-state index contributed by atoms with van der Waals surface area (Å²) >= 11 is 0. The summed E-state index contributed by atoms with van der Waals surface area (Å²) in [6.07, 6.45) is 10.4. The summed E-state index contributed by atoms with van der Waals surface area (Å²) in [6.45, 7) is 32.4. The molecule has 43 heavy (non-hydrogen) atoms. The molecule has 8 unspecified atom stereocenters. The van der Waals surface area contributed by atoms with Crippen LogP contribution in [0.5, 0.6) is 0 Å². The Morgan fingerprint density at radius 3 is 1.47 bits per heavy atom. The van der Waals surface area contributed by atoms with Crippen molar-refractivity contribution < 1.29 is 6.51 Å². The van der Waals surface area contributed by atoms with Gasteiger partial charge in [0.25, 0.3) is 0 Å². The van der Waals surface area contributed by atoms with Crippen LogP contribution in [0.25, 0.3) is 0 Å². The third-order valence-electron chi connectivity index (χ3n) is 24.0. The van der Waals surface area contributed by atoms with Gasteiger partial charge in [-0.3, -0.25) is 0 Å². The second kappa shape index (κ2) is 4.15. The molecule has 12 aliphatic heterocycles. The number of hydrogen-bond acceptors (Lipinski definition) is 2. The van der Waals surface area contributed by atoms with Gasteiger partial charge in [0, 0.05) is 0 Å². The van der Waals surface area contributed by atoms with E-state index in [1.54, 1.807) is 6.16 Å². The predicted octanol–water partition coefficient (Wildman–Crippen LogP) is 10.6. The molecule has 8 atom stereocenters. The second-order valence-electron chi connectivity index (χ2n) is 24.4. The second-order valence-corrected chi connectivity index (χ2v) is 63.4. The van der Waals surface area contributed by atoms with Gasteiger partial charge in [0.2, 0.25) is 0 Å². The van der Waals surface area contributed by atoms with Crippen molar-refractivity contribution in [1.29, 1.82) is 0 Å². The Morgan fingerprint density at radius 1 is 0.721 bits per heavy atom. The van der Waals surface area contributed by atoms with Gasteiger partial charge in [-0.1, -0.05) is 0 Å². The average Bonchev–Trinajstić information content (AvgIpc) is 3.84. The number of piperidine rings is 2. The van der Waals surface area contributed by atoms with Crippen molar-refractivity contribution in [3.8, 4) is 0 Å². The Kier molecular flexibility index (Phi) is 2.66. The molecule has 12 heterocycles. The van der Waals surface area contributed by atoms with E-state index >= 15 is 0 Å². The van der Waals surface area contributed by atoms with Crippen molar-refractivity contribution >= 4 is 33.3 Å². The third-order valence-corrected chi connectivity index (χ3v) is 92.7. The van der Waals surface area contributed by atoms with E-state index in [1.807, 2.05) is 0 Å². The number of nitrogens with one attached hydrogen (secondary N) is 2. The fourth-order valence-corrected chi connectivity index (χ4v) is 176. The van der Waals surface area contributed by atoms with Crippen LogP contribution >= 0.6 is 17.2 Å². The van der Waals surface area contributed by atoms with Gasteiger partial charge >= 0.3 is 262 Å². The topological polar surface area (TPSA) is 24.1 Å². The zero-order valence-electron chi connectivity index (χ0n) is 29.9. The summed E-state index contributed by atoms with van der Waals surface area (Å²) in [5.74, 6) is 0. The van der Waals surface area contributed by atoms with Crippen LogP contribution in [-0.2, 0) is 6.51 Å². The zero-order chi connectivity index (χ0) is 30.8. The molecule has 0 saturated carbocycles. The Bertz CT molecular complexity index is 1770. The molecule has 0 aromatic rings. The summed E-state index contributed by atoms with van der Waals surface area (Å²) in [6, 6.07) is 1.48. The van der Waals surface area contributed by atoms with E-state index in [0.717, 1.165) is 28.6 Å². The van der Waals surface area contributed by atoms with Gasteiger partial charge < -0.3 is 0 Å². The first-order chi connectivity index (χ1) is 19.5. The van der Waals surface area contributed by atoms with E-state index in [2.05, 4.69) is 101 Å². The molecule has 0 amide bonds. The molecule has 12 rings (SSSR count). The van der Waals surface area contributed by atoms with Crippen LogP contribution < -0.4 is 10.6 Å². The Labute approximate surface area is 260 Å². The van der Waals surface area contributed by atoms with Gasteiger partial charge in [0.1, 0.15) is 0 Å². The maximum absolute atomic E-state index is 4.41. The molecular weight excluding hydrogens is 634 g/mol. The van der Waals surface area contributed by atoms with Crippen molar-refractivity contribution in [3.63, 3.8) is 0 Å². The minimum atomic E-state index is -4.28. The fraction of sp³-hybridized carbons (Fsp3) is 1.00. The van der Waals surface area contributed by atoms with Gasteiger partial charge in [0.15, 0.2) is 0 Å². The molecule has 246 valence electrons. The molecule has 0 aromatic carbocycles. The van der Waals surface area contributed by atoms with Crippen LogP contribution in [0.4, 0.5) is 0 Å². The Balaban J connectivity index is 1.23. The molecular formula is C36H66FeN2P2Si2. The zero-order valence-corrected chi connectivity index (χ0v) is 35.0. The van der Waals surface area contributed by atoms with Gasteiger partial charge in [0.05, 0.1) is 0 Å². The van der Waals surface area contributed by atoms with E-state index < -0.39 is 22.7 Å². The summed E-state index contributed by atoms with van der Waals surface area (Å²) in [5, 5.41) is 10.1. The SMILES string of the molecule is CC(C)(C)P(C[C]12[C]3(C(P)(C4CCCCN4)C4CCCCN4)[CH]4[C]5([Si](C)(C)C)[C]1([Si](C)(C)C)[Fe]42351678[CH]2[CH]1[CH]6[CH]7[CH]28)C(C)(C)C.